The number of rotatable bonds is 3. The normalized spacial score (nSPS) is 19.1. The van der Waals surface area contributed by atoms with E-state index in [2.05, 4.69) is 34.0 Å². The lowest BCUT2D eigenvalue weighted by Crippen LogP contribution is -2.53. The summed E-state index contributed by atoms with van der Waals surface area (Å²) in [6.45, 7) is 9.55. The van der Waals surface area contributed by atoms with Gasteiger partial charge in [0.25, 0.3) is 0 Å². The Balaban J connectivity index is 2.23. The molecule has 1 aromatic rings. The van der Waals surface area contributed by atoms with Crippen molar-refractivity contribution in [1.29, 1.82) is 0 Å². The van der Waals surface area contributed by atoms with Gasteiger partial charge in [-0.1, -0.05) is 0 Å². The largest absolute Gasteiger partial charge is 0.377 e. The number of hydrogen-bond donors (Lipinski definition) is 1. The molecule has 1 aliphatic rings. The van der Waals surface area contributed by atoms with Crippen LogP contribution in [0.15, 0.2) is 12.4 Å². The lowest BCUT2D eigenvalue weighted by molar-refractivity contribution is 0.0639. The minimum absolute atomic E-state index is 0.0300. The number of ether oxygens (including phenoxy) is 1. The molecule has 5 heteroatoms. The van der Waals surface area contributed by atoms with Crippen LogP contribution >= 0.6 is 0 Å². The summed E-state index contributed by atoms with van der Waals surface area (Å²) in [5.74, 6) is 1.74. The van der Waals surface area contributed by atoms with E-state index in [1.54, 1.807) is 6.20 Å². The van der Waals surface area contributed by atoms with Crippen LogP contribution in [0.1, 0.15) is 20.8 Å². The van der Waals surface area contributed by atoms with Gasteiger partial charge in [-0.15, -0.1) is 0 Å². The van der Waals surface area contributed by atoms with E-state index >= 15 is 0 Å². The summed E-state index contributed by atoms with van der Waals surface area (Å²) in [5, 5.41) is 3.18. The van der Waals surface area contributed by atoms with E-state index in [1.165, 1.54) is 0 Å². The Morgan fingerprint density at radius 3 is 3.00 bits per heavy atom. The number of aromatic nitrogens is 2. The van der Waals surface area contributed by atoms with Crippen molar-refractivity contribution in [3.63, 3.8) is 0 Å². The maximum atomic E-state index is 5.51. The predicted octanol–water partition coefficient (Wildman–Crippen LogP) is 1.52. The van der Waals surface area contributed by atoms with Gasteiger partial charge in [0, 0.05) is 13.1 Å². The third-order valence-corrected chi connectivity index (χ3v) is 2.90. The molecule has 0 atom stereocenters. The molecule has 94 valence electrons. The number of morpholine rings is 1. The molecule has 1 saturated heterocycles. The Hall–Kier alpha value is -1.36. The fraction of sp³-hybridized carbons (Fsp3) is 0.667. The van der Waals surface area contributed by atoms with Gasteiger partial charge < -0.3 is 15.0 Å². The summed E-state index contributed by atoms with van der Waals surface area (Å²) in [6, 6.07) is 0. The fourth-order valence-electron chi connectivity index (χ4n) is 2.04. The van der Waals surface area contributed by atoms with Crippen LogP contribution in [-0.4, -0.2) is 41.8 Å². The van der Waals surface area contributed by atoms with Crippen molar-refractivity contribution in [2.75, 3.05) is 36.5 Å². The van der Waals surface area contributed by atoms with E-state index in [0.717, 1.165) is 37.9 Å². The molecule has 0 amide bonds. The summed E-state index contributed by atoms with van der Waals surface area (Å²) in [5.41, 5.74) is -0.0300. The van der Waals surface area contributed by atoms with Gasteiger partial charge in [0.15, 0.2) is 0 Å². The van der Waals surface area contributed by atoms with Crippen molar-refractivity contribution in [3.05, 3.63) is 12.4 Å². The lowest BCUT2D eigenvalue weighted by atomic mass is 10.0. The van der Waals surface area contributed by atoms with Gasteiger partial charge in [0.1, 0.15) is 11.6 Å². The molecule has 5 nitrogen and oxygen atoms in total. The Bertz CT molecular complexity index is 381. The zero-order valence-electron chi connectivity index (χ0n) is 10.7. The average molecular weight is 236 g/mol. The summed E-state index contributed by atoms with van der Waals surface area (Å²) in [7, 11) is 0. The topological polar surface area (TPSA) is 50.3 Å². The van der Waals surface area contributed by atoms with Crippen LogP contribution in [0.4, 0.5) is 11.6 Å². The zero-order valence-corrected chi connectivity index (χ0v) is 10.7. The number of anilines is 2. The highest BCUT2D eigenvalue weighted by atomic mass is 16.5. The van der Waals surface area contributed by atoms with Crippen LogP contribution in [0.3, 0.4) is 0 Å². The number of nitrogens with one attached hydrogen (secondary N) is 1. The van der Waals surface area contributed by atoms with Gasteiger partial charge in [0.05, 0.1) is 31.1 Å². The maximum Gasteiger partial charge on any atom is 0.150 e. The molecule has 0 spiro atoms. The summed E-state index contributed by atoms with van der Waals surface area (Å²) in [6.07, 6.45) is 3.56. The highest BCUT2D eigenvalue weighted by Crippen LogP contribution is 2.25. The Kier molecular flexibility index (Phi) is 3.47. The maximum absolute atomic E-state index is 5.51. The van der Waals surface area contributed by atoms with Crippen molar-refractivity contribution in [2.24, 2.45) is 0 Å². The molecule has 0 aliphatic carbocycles. The van der Waals surface area contributed by atoms with Crippen molar-refractivity contribution < 1.29 is 4.74 Å². The molecule has 0 radical (unpaired) electrons. The van der Waals surface area contributed by atoms with Crippen LogP contribution in [0.2, 0.25) is 0 Å². The molecular formula is C12H20N4O. The third-order valence-electron chi connectivity index (χ3n) is 2.90. The van der Waals surface area contributed by atoms with Gasteiger partial charge in [-0.25, -0.2) is 4.98 Å². The first-order valence-corrected chi connectivity index (χ1v) is 6.05. The van der Waals surface area contributed by atoms with Gasteiger partial charge in [0.2, 0.25) is 0 Å². The molecule has 0 aromatic carbocycles. The molecule has 0 unspecified atom stereocenters. The molecule has 1 aromatic heterocycles. The third kappa shape index (κ3) is 2.66. The van der Waals surface area contributed by atoms with E-state index in [1.807, 2.05) is 13.1 Å². The molecular weight excluding hydrogens is 216 g/mol. The van der Waals surface area contributed by atoms with Crippen LogP contribution in [0.5, 0.6) is 0 Å². The minimum Gasteiger partial charge on any atom is -0.377 e. The number of nitrogens with zero attached hydrogens (tertiary/aromatic N) is 3. The summed E-state index contributed by atoms with van der Waals surface area (Å²) < 4.78 is 5.51. The number of hydrogen-bond acceptors (Lipinski definition) is 5. The lowest BCUT2D eigenvalue weighted by Gasteiger charge is -2.42. The first kappa shape index (κ1) is 12.1. The fourth-order valence-corrected chi connectivity index (χ4v) is 2.04. The van der Waals surface area contributed by atoms with Crippen LogP contribution in [0, 0.1) is 0 Å². The van der Waals surface area contributed by atoms with Crippen LogP contribution < -0.4 is 10.2 Å². The van der Waals surface area contributed by atoms with Gasteiger partial charge in [-0.3, -0.25) is 4.98 Å². The Labute approximate surface area is 102 Å². The second-order valence-corrected chi connectivity index (χ2v) is 4.81. The monoisotopic (exact) mass is 236 g/mol. The molecule has 2 heterocycles. The molecule has 1 aliphatic heterocycles. The highest BCUT2D eigenvalue weighted by Gasteiger charge is 2.31. The highest BCUT2D eigenvalue weighted by molar-refractivity contribution is 5.46. The summed E-state index contributed by atoms with van der Waals surface area (Å²) >= 11 is 0. The van der Waals surface area contributed by atoms with Crippen molar-refractivity contribution in [2.45, 2.75) is 26.3 Å². The molecule has 17 heavy (non-hydrogen) atoms. The van der Waals surface area contributed by atoms with Gasteiger partial charge in [-0.2, -0.15) is 0 Å². The second-order valence-electron chi connectivity index (χ2n) is 4.81. The first-order chi connectivity index (χ1) is 8.13. The SMILES string of the molecule is CCNc1cncc(N2CCOCC2(C)C)n1. The smallest absolute Gasteiger partial charge is 0.150 e. The second kappa shape index (κ2) is 4.87. The van der Waals surface area contributed by atoms with E-state index in [0.29, 0.717) is 0 Å². The van der Waals surface area contributed by atoms with Crippen LogP contribution in [-0.2, 0) is 4.74 Å². The predicted molar refractivity (Wildman–Crippen MR) is 68.4 cm³/mol. The molecule has 1 fully saturated rings. The van der Waals surface area contributed by atoms with E-state index in [9.17, 15) is 0 Å². The quantitative estimate of drug-likeness (QED) is 0.862. The molecule has 0 bridgehead atoms. The van der Waals surface area contributed by atoms with Gasteiger partial charge in [-0.05, 0) is 20.8 Å². The standard InChI is InChI=1S/C12H20N4O/c1-4-14-10-7-13-8-11(15-10)16-5-6-17-9-12(16,2)3/h7-8H,4-6,9H2,1-3H3,(H,14,15). The van der Waals surface area contributed by atoms with Crippen molar-refractivity contribution in [3.8, 4) is 0 Å². The van der Waals surface area contributed by atoms with E-state index < -0.39 is 0 Å². The molecule has 2 rings (SSSR count). The summed E-state index contributed by atoms with van der Waals surface area (Å²) in [4.78, 5) is 11.1. The minimum atomic E-state index is -0.0300. The van der Waals surface area contributed by atoms with Crippen molar-refractivity contribution >= 4 is 11.6 Å². The van der Waals surface area contributed by atoms with E-state index in [-0.39, 0.29) is 5.54 Å². The van der Waals surface area contributed by atoms with E-state index in [4.69, 9.17) is 4.74 Å². The van der Waals surface area contributed by atoms with Gasteiger partial charge >= 0.3 is 0 Å². The average Bonchev–Trinajstić information content (AvgIpc) is 2.29. The zero-order chi connectivity index (χ0) is 12.3. The first-order valence-electron chi connectivity index (χ1n) is 6.05. The molecule has 1 N–H and O–H groups in total. The Morgan fingerprint density at radius 2 is 2.29 bits per heavy atom. The molecule has 0 saturated carbocycles. The van der Waals surface area contributed by atoms with Crippen molar-refractivity contribution in [1.82, 2.24) is 9.97 Å². The Morgan fingerprint density at radius 1 is 1.47 bits per heavy atom. The van der Waals surface area contributed by atoms with Crippen LogP contribution in [0.25, 0.3) is 0 Å².